The number of benzene rings is 1. The SMILES string of the molecule is CC(=O)c1cc2c(C#N)cccc2[nH]1. The number of nitrogens with zero attached hydrogens (tertiary/aromatic N) is 1. The van der Waals surface area contributed by atoms with Gasteiger partial charge >= 0.3 is 0 Å². The predicted octanol–water partition coefficient (Wildman–Crippen LogP) is 2.24. The van der Waals surface area contributed by atoms with Crippen molar-refractivity contribution in [1.29, 1.82) is 5.26 Å². The summed E-state index contributed by atoms with van der Waals surface area (Å²) in [6.07, 6.45) is 0. The van der Waals surface area contributed by atoms with E-state index in [4.69, 9.17) is 5.26 Å². The lowest BCUT2D eigenvalue weighted by Crippen LogP contribution is -1.89. The van der Waals surface area contributed by atoms with Gasteiger partial charge in [0.1, 0.15) is 0 Å². The van der Waals surface area contributed by atoms with Crippen molar-refractivity contribution in [2.75, 3.05) is 0 Å². The molecule has 0 saturated carbocycles. The molecule has 0 fully saturated rings. The van der Waals surface area contributed by atoms with Crippen LogP contribution in [0.2, 0.25) is 0 Å². The molecule has 68 valence electrons. The molecular weight excluding hydrogens is 176 g/mol. The van der Waals surface area contributed by atoms with E-state index in [9.17, 15) is 4.79 Å². The highest BCUT2D eigenvalue weighted by atomic mass is 16.1. The summed E-state index contributed by atoms with van der Waals surface area (Å²) in [6.45, 7) is 1.50. The molecule has 3 heteroatoms. The lowest BCUT2D eigenvalue weighted by molar-refractivity contribution is 0.101. The molecule has 0 radical (unpaired) electrons. The summed E-state index contributed by atoms with van der Waals surface area (Å²) in [5, 5.41) is 9.64. The summed E-state index contributed by atoms with van der Waals surface area (Å²) in [6, 6.07) is 9.19. The first kappa shape index (κ1) is 8.52. The number of ketones is 1. The lowest BCUT2D eigenvalue weighted by Gasteiger charge is -1.89. The number of rotatable bonds is 1. The quantitative estimate of drug-likeness (QED) is 0.691. The maximum Gasteiger partial charge on any atom is 0.175 e. The van der Waals surface area contributed by atoms with E-state index >= 15 is 0 Å². The zero-order chi connectivity index (χ0) is 10.1. The number of hydrogen-bond donors (Lipinski definition) is 1. The van der Waals surface area contributed by atoms with Crippen LogP contribution in [0.4, 0.5) is 0 Å². The molecule has 2 rings (SSSR count). The second kappa shape index (κ2) is 3.00. The van der Waals surface area contributed by atoms with Gasteiger partial charge in [0.2, 0.25) is 0 Å². The van der Waals surface area contributed by atoms with Crippen molar-refractivity contribution in [3.8, 4) is 6.07 Å². The molecule has 0 bridgehead atoms. The Bertz CT molecular complexity index is 546. The van der Waals surface area contributed by atoms with E-state index in [1.807, 2.05) is 6.07 Å². The normalized spacial score (nSPS) is 10.0. The fourth-order valence-electron chi connectivity index (χ4n) is 1.44. The number of Topliss-reactive ketones (excluding diaryl/α,β-unsaturated/α-hetero) is 1. The molecule has 0 spiro atoms. The van der Waals surface area contributed by atoms with Gasteiger partial charge < -0.3 is 4.98 Å². The molecule has 0 atom stereocenters. The van der Waals surface area contributed by atoms with Crippen LogP contribution < -0.4 is 0 Å². The van der Waals surface area contributed by atoms with Crippen LogP contribution >= 0.6 is 0 Å². The van der Waals surface area contributed by atoms with E-state index < -0.39 is 0 Å². The maximum absolute atomic E-state index is 11.1. The Kier molecular flexibility index (Phi) is 1.83. The highest BCUT2D eigenvalue weighted by Gasteiger charge is 2.07. The van der Waals surface area contributed by atoms with E-state index in [1.165, 1.54) is 6.92 Å². The van der Waals surface area contributed by atoms with Crippen molar-refractivity contribution in [1.82, 2.24) is 4.98 Å². The van der Waals surface area contributed by atoms with Crippen LogP contribution in [-0.2, 0) is 0 Å². The Morgan fingerprint density at radius 3 is 2.93 bits per heavy atom. The third-order valence-electron chi connectivity index (χ3n) is 2.16. The minimum Gasteiger partial charge on any atom is -0.352 e. The van der Waals surface area contributed by atoms with Crippen molar-refractivity contribution in [2.45, 2.75) is 6.92 Å². The molecular formula is C11H8N2O. The van der Waals surface area contributed by atoms with Crippen molar-refractivity contribution in [3.05, 3.63) is 35.5 Å². The van der Waals surface area contributed by atoms with Crippen molar-refractivity contribution < 1.29 is 4.79 Å². The van der Waals surface area contributed by atoms with Gasteiger partial charge in [-0.1, -0.05) is 6.07 Å². The van der Waals surface area contributed by atoms with Crippen LogP contribution in [0.1, 0.15) is 23.0 Å². The van der Waals surface area contributed by atoms with Gasteiger partial charge in [-0.25, -0.2) is 0 Å². The number of fused-ring (bicyclic) bond motifs is 1. The fraction of sp³-hybridized carbons (Fsp3) is 0.0909. The number of carbonyl (C=O) groups is 1. The number of nitriles is 1. The van der Waals surface area contributed by atoms with E-state index in [1.54, 1.807) is 18.2 Å². The molecule has 0 aliphatic rings. The first-order valence-electron chi connectivity index (χ1n) is 4.25. The summed E-state index contributed by atoms with van der Waals surface area (Å²) >= 11 is 0. The standard InChI is InChI=1S/C11H8N2O/c1-7(14)11-5-9-8(6-12)3-2-4-10(9)13-11/h2-5,13H,1H3. The molecule has 1 aromatic heterocycles. The number of aromatic amines is 1. The maximum atomic E-state index is 11.1. The average Bonchev–Trinajstić information content (AvgIpc) is 2.60. The summed E-state index contributed by atoms with van der Waals surface area (Å²) < 4.78 is 0. The van der Waals surface area contributed by atoms with E-state index in [0.29, 0.717) is 11.3 Å². The third kappa shape index (κ3) is 1.17. The van der Waals surface area contributed by atoms with Gasteiger partial charge in [-0.2, -0.15) is 5.26 Å². The number of nitrogens with one attached hydrogen (secondary N) is 1. The number of H-pyrrole nitrogens is 1. The first-order chi connectivity index (χ1) is 6.72. The molecule has 0 aliphatic heterocycles. The second-order valence-electron chi connectivity index (χ2n) is 3.12. The van der Waals surface area contributed by atoms with Gasteiger partial charge in [-0.05, 0) is 18.2 Å². The molecule has 0 unspecified atom stereocenters. The largest absolute Gasteiger partial charge is 0.352 e. The van der Waals surface area contributed by atoms with Crippen molar-refractivity contribution >= 4 is 16.7 Å². The molecule has 3 nitrogen and oxygen atoms in total. The van der Waals surface area contributed by atoms with Gasteiger partial charge in [0, 0.05) is 17.8 Å². The zero-order valence-electron chi connectivity index (χ0n) is 7.66. The summed E-state index contributed by atoms with van der Waals surface area (Å²) in [5.41, 5.74) is 1.96. The minimum atomic E-state index is -0.0231. The predicted molar refractivity (Wildman–Crippen MR) is 53.0 cm³/mol. The topological polar surface area (TPSA) is 56.6 Å². The van der Waals surface area contributed by atoms with Gasteiger partial charge in [-0.3, -0.25) is 4.79 Å². The number of aromatic nitrogens is 1. The average molecular weight is 184 g/mol. The summed E-state index contributed by atoms with van der Waals surface area (Å²) in [5.74, 6) is -0.0231. The first-order valence-corrected chi connectivity index (χ1v) is 4.25. The second-order valence-corrected chi connectivity index (χ2v) is 3.12. The van der Waals surface area contributed by atoms with Crippen LogP contribution in [0.3, 0.4) is 0 Å². The number of carbonyl (C=O) groups excluding carboxylic acids is 1. The van der Waals surface area contributed by atoms with Crippen molar-refractivity contribution in [3.63, 3.8) is 0 Å². The Morgan fingerprint density at radius 2 is 2.29 bits per heavy atom. The van der Waals surface area contributed by atoms with Crippen molar-refractivity contribution in [2.24, 2.45) is 0 Å². The molecule has 1 N–H and O–H groups in total. The third-order valence-corrected chi connectivity index (χ3v) is 2.16. The highest BCUT2D eigenvalue weighted by Crippen LogP contribution is 2.19. The highest BCUT2D eigenvalue weighted by molar-refractivity contribution is 5.99. The lowest BCUT2D eigenvalue weighted by atomic mass is 10.1. The van der Waals surface area contributed by atoms with E-state index in [-0.39, 0.29) is 5.78 Å². The van der Waals surface area contributed by atoms with Crippen LogP contribution in [0.25, 0.3) is 10.9 Å². The zero-order valence-corrected chi connectivity index (χ0v) is 7.66. The van der Waals surface area contributed by atoms with Crippen LogP contribution in [0.15, 0.2) is 24.3 Å². The number of hydrogen-bond acceptors (Lipinski definition) is 2. The smallest absolute Gasteiger partial charge is 0.175 e. The Labute approximate surface area is 81.0 Å². The van der Waals surface area contributed by atoms with E-state index in [2.05, 4.69) is 11.1 Å². The Hall–Kier alpha value is -2.08. The minimum absolute atomic E-state index is 0.0231. The van der Waals surface area contributed by atoms with Crippen LogP contribution in [-0.4, -0.2) is 10.8 Å². The molecule has 1 heterocycles. The molecule has 0 aliphatic carbocycles. The van der Waals surface area contributed by atoms with Gasteiger partial charge in [-0.15, -0.1) is 0 Å². The molecule has 1 aromatic carbocycles. The van der Waals surface area contributed by atoms with E-state index in [0.717, 1.165) is 10.9 Å². The van der Waals surface area contributed by atoms with Crippen LogP contribution in [0, 0.1) is 11.3 Å². The molecule has 0 amide bonds. The summed E-state index contributed by atoms with van der Waals surface area (Å²) in [7, 11) is 0. The molecule has 14 heavy (non-hydrogen) atoms. The monoisotopic (exact) mass is 184 g/mol. The van der Waals surface area contributed by atoms with Gasteiger partial charge in [0.05, 0.1) is 17.3 Å². The van der Waals surface area contributed by atoms with Gasteiger partial charge in [0.25, 0.3) is 0 Å². The fourth-order valence-corrected chi connectivity index (χ4v) is 1.44. The Morgan fingerprint density at radius 1 is 1.50 bits per heavy atom. The summed E-state index contributed by atoms with van der Waals surface area (Å²) in [4.78, 5) is 14.1. The Balaban J connectivity index is 2.78. The van der Waals surface area contributed by atoms with Crippen LogP contribution in [0.5, 0.6) is 0 Å². The van der Waals surface area contributed by atoms with Gasteiger partial charge in [0.15, 0.2) is 5.78 Å². The molecule has 2 aromatic rings. The molecule has 0 saturated heterocycles.